The van der Waals surface area contributed by atoms with Gasteiger partial charge in [0, 0.05) is 16.5 Å². The minimum atomic E-state index is -0.898. The lowest BCUT2D eigenvalue weighted by Gasteiger charge is -2.29. The smallest absolute Gasteiger partial charge is 0.337 e. The largest absolute Gasteiger partial charge is 0.508 e. The number of ether oxygens (including phenoxy) is 1. The number of phenols is 1. The number of carboxylic acid groups (broad SMARTS) is 1. The third-order valence-electron chi connectivity index (χ3n) is 4.42. The SMILES string of the molecule is COc1cc(O)ccc1-c1sc2c(c1C(=O)O)CC(C)(C)CC2. The van der Waals surface area contributed by atoms with Gasteiger partial charge in [-0.2, -0.15) is 0 Å². The Kier molecular flexibility index (Phi) is 3.84. The molecule has 1 aliphatic carbocycles. The fourth-order valence-electron chi connectivity index (χ4n) is 3.20. The van der Waals surface area contributed by atoms with E-state index < -0.39 is 5.97 Å². The number of aromatic carboxylic acids is 1. The molecule has 0 bridgehead atoms. The maximum Gasteiger partial charge on any atom is 0.337 e. The first-order valence-electron chi connectivity index (χ1n) is 7.57. The lowest BCUT2D eigenvalue weighted by molar-refractivity contribution is 0.0696. The fourth-order valence-corrected chi connectivity index (χ4v) is 4.54. The van der Waals surface area contributed by atoms with Crippen molar-refractivity contribution in [3.05, 3.63) is 34.2 Å². The zero-order valence-electron chi connectivity index (χ0n) is 13.5. The second-order valence-corrected chi connectivity index (χ2v) is 7.84. The summed E-state index contributed by atoms with van der Waals surface area (Å²) >= 11 is 1.54. The summed E-state index contributed by atoms with van der Waals surface area (Å²) in [5.74, 6) is -0.305. The number of rotatable bonds is 3. The molecule has 1 aliphatic rings. The molecule has 0 saturated carbocycles. The lowest BCUT2D eigenvalue weighted by atomic mass is 9.76. The molecule has 0 atom stereocenters. The van der Waals surface area contributed by atoms with Crippen molar-refractivity contribution in [3.63, 3.8) is 0 Å². The van der Waals surface area contributed by atoms with Gasteiger partial charge in [-0.3, -0.25) is 0 Å². The van der Waals surface area contributed by atoms with Gasteiger partial charge in [0.15, 0.2) is 0 Å². The monoisotopic (exact) mass is 332 g/mol. The van der Waals surface area contributed by atoms with Crippen molar-refractivity contribution in [2.75, 3.05) is 7.11 Å². The molecule has 23 heavy (non-hydrogen) atoms. The number of methoxy groups -OCH3 is 1. The molecular formula is C18H20O4S. The number of hydrogen-bond donors (Lipinski definition) is 2. The van der Waals surface area contributed by atoms with E-state index in [1.807, 2.05) is 0 Å². The number of phenolic OH excluding ortho intramolecular Hbond substituents is 1. The highest BCUT2D eigenvalue weighted by molar-refractivity contribution is 7.16. The number of fused-ring (bicyclic) bond motifs is 1. The molecule has 0 saturated heterocycles. The van der Waals surface area contributed by atoms with E-state index in [-0.39, 0.29) is 11.2 Å². The van der Waals surface area contributed by atoms with E-state index in [1.54, 1.807) is 12.1 Å². The Bertz CT molecular complexity index is 774. The molecule has 0 radical (unpaired) electrons. The van der Waals surface area contributed by atoms with Crippen LogP contribution in [0.5, 0.6) is 11.5 Å². The van der Waals surface area contributed by atoms with Crippen LogP contribution in [0.15, 0.2) is 18.2 Å². The zero-order valence-corrected chi connectivity index (χ0v) is 14.3. The summed E-state index contributed by atoms with van der Waals surface area (Å²) in [5, 5.41) is 19.4. The Balaban J connectivity index is 2.22. The summed E-state index contributed by atoms with van der Waals surface area (Å²) < 4.78 is 5.34. The second-order valence-electron chi connectivity index (χ2n) is 6.74. The molecular weight excluding hydrogens is 312 g/mol. The summed E-state index contributed by atoms with van der Waals surface area (Å²) in [6, 6.07) is 4.80. The number of thiophene rings is 1. The minimum absolute atomic E-state index is 0.102. The Morgan fingerprint density at radius 2 is 2.09 bits per heavy atom. The molecule has 3 rings (SSSR count). The first-order valence-corrected chi connectivity index (χ1v) is 8.39. The highest BCUT2D eigenvalue weighted by atomic mass is 32.1. The molecule has 2 N–H and O–H groups in total. The number of aryl methyl sites for hydroxylation is 1. The second kappa shape index (κ2) is 5.57. The summed E-state index contributed by atoms with van der Waals surface area (Å²) in [6.07, 6.45) is 2.75. The molecule has 2 aromatic rings. The summed E-state index contributed by atoms with van der Waals surface area (Å²) in [5.41, 5.74) is 2.19. The van der Waals surface area contributed by atoms with Crippen LogP contribution in [0.25, 0.3) is 10.4 Å². The van der Waals surface area contributed by atoms with Crippen LogP contribution >= 0.6 is 11.3 Å². The summed E-state index contributed by atoms with van der Waals surface area (Å²) in [4.78, 5) is 13.8. The average molecular weight is 332 g/mol. The van der Waals surface area contributed by atoms with Crippen molar-refractivity contribution in [2.45, 2.75) is 33.1 Å². The topological polar surface area (TPSA) is 66.8 Å². The van der Waals surface area contributed by atoms with Crippen LogP contribution in [0.1, 0.15) is 41.1 Å². The molecule has 1 heterocycles. The van der Waals surface area contributed by atoms with Gasteiger partial charge in [-0.25, -0.2) is 4.79 Å². The number of benzene rings is 1. The highest BCUT2D eigenvalue weighted by Crippen LogP contribution is 2.47. The van der Waals surface area contributed by atoms with Gasteiger partial charge in [0.2, 0.25) is 0 Å². The predicted molar refractivity (Wildman–Crippen MR) is 90.7 cm³/mol. The fraction of sp³-hybridized carbons (Fsp3) is 0.389. The van der Waals surface area contributed by atoms with E-state index in [0.717, 1.165) is 40.1 Å². The average Bonchev–Trinajstić information content (AvgIpc) is 2.84. The Hall–Kier alpha value is -2.01. The molecule has 5 heteroatoms. The molecule has 0 aliphatic heterocycles. The van der Waals surface area contributed by atoms with Crippen molar-refractivity contribution in [1.29, 1.82) is 0 Å². The van der Waals surface area contributed by atoms with Crippen LogP contribution in [0.3, 0.4) is 0 Å². The van der Waals surface area contributed by atoms with Crippen LogP contribution < -0.4 is 4.74 Å². The predicted octanol–water partition coefficient (Wildman–Crippen LogP) is 4.34. The molecule has 1 aromatic carbocycles. The Morgan fingerprint density at radius 3 is 2.74 bits per heavy atom. The zero-order chi connectivity index (χ0) is 16.8. The van der Waals surface area contributed by atoms with Crippen molar-refractivity contribution in [2.24, 2.45) is 5.41 Å². The standard InChI is InChI=1S/C18H20O4S/c1-18(2)7-6-14-12(9-18)15(17(20)21)16(23-14)11-5-4-10(19)8-13(11)22-3/h4-5,8,19H,6-7,9H2,1-3H3,(H,20,21). The summed E-state index contributed by atoms with van der Waals surface area (Å²) in [7, 11) is 1.52. The number of carbonyl (C=O) groups is 1. The van der Waals surface area contributed by atoms with E-state index in [4.69, 9.17) is 4.74 Å². The van der Waals surface area contributed by atoms with Crippen LogP contribution in [-0.4, -0.2) is 23.3 Å². The van der Waals surface area contributed by atoms with Crippen molar-refractivity contribution in [3.8, 4) is 21.9 Å². The summed E-state index contributed by atoms with van der Waals surface area (Å²) in [6.45, 7) is 4.36. The molecule has 122 valence electrons. The van der Waals surface area contributed by atoms with Gasteiger partial charge >= 0.3 is 5.97 Å². The first-order chi connectivity index (χ1) is 10.8. The van der Waals surface area contributed by atoms with E-state index in [0.29, 0.717) is 11.3 Å². The molecule has 1 aromatic heterocycles. The first kappa shape index (κ1) is 15.9. The van der Waals surface area contributed by atoms with Gasteiger partial charge in [0.1, 0.15) is 11.5 Å². The lowest BCUT2D eigenvalue weighted by Crippen LogP contribution is -2.22. The number of carboxylic acids is 1. The Morgan fingerprint density at radius 1 is 1.35 bits per heavy atom. The van der Waals surface area contributed by atoms with E-state index in [1.165, 1.54) is 24.5 Å². The van der Waals surface area contributed by atoms with Crippen molar-refractivity contribution in [1.82, 2.24) is 0 Å². The van der Waals surface area contributed by atoms with Gasteiger partial charge in [-0.1, -0.05) is 13.8 Å². The van der Waals surface area contributed by atoms with Crippen LogP contribution in [0.2, 0.25) is 0 Å². The van der Waals surface area contributed by atoms with E-state index >= 15 is 0 Å². The third-order valence-corrected chi connectivity index (χ3v) is 5.74. The molecule has 0 unspecified atom stereocenters. The number of aromatic hydroxyl groups is 1. The maximum absolute atomic E-state index is 11.9. The van der Waals surface area contributed by atoms with Crippen LogP contribution in [0.4, 0.5) is 0 Å². The number of hydrogen-bond acceptors (Lipinski definition) is 4. The van der Waals surface area contributed by atoms with Gasteiger partial charge in [-0.05, 0) is 42.4 Å². The van der Waals surface area contributed by atoms with Crippen LogP contribution in [0, 0.1) is 5.41 Å². The molecule has 0 fully saturated rings. The Labute approximate surface area is 139 Å². The quantitative estimate of drug-likeness (QED) is 0.877. The van der Waals surface area contributed by atoms with E-state index in [9.17, 15) is 15.0 Å². The maximum atomic E-state index is 11.9. The van der Waals surface area contributed by atoms with Crippen molar-refractivity contribution < 1.29 is 19.7 Å². The highest BCUT2D eigenvalue weighted by Gasteiger charge is 2.33. The van der Waals surface area contributed by atoms with Gasteiger partial charge in [-0.15, -0.1) is 11.3 Å². The molecule has 0 spiro atoms. The molecule has 0 amide bonds. The third kappa shape index (κ3) is 2.81. The minimum Gasteiger partial charge on any atom is -0.508 e. The normalized spacial score (nSPS) is 16.0. The van der Waals surface area contributed by atoms with Crippen molar-refractivity contribution >= 4 is 17.3 Å². The van der Waals surface area contributed by atoms with Gasteiger partial charge < -0.3 is 14.9 Å². The van der Waals surface area contributed by atoms with E-state index in [2.05, 4.69) is 13.8 Å². The molecule has 4 nitrogen and oxygen atoms in total. The van der Waals surface area contributed by atoms with Crippen LogP contribution in [-0.2, 0) is 12.8 Å². The van der Waals surface area contributed by atoms with Gasteiger partial charge in [0.05, 0.1) is 17.6 Å². The van der Waals surface area contributed by atoms with Gasteiger partial charge in [0.25, 0.3) is 0 Å².